The maximum absolute atomic E-state index is 13.0. The number of nitrogens with one attached hydrogen (secondary N) is 2. The number of Topliss-reactive ketones (excluding diaryl/α,β-unsaturated/α-hetero) is 1. The summed E-state index contributed by atoms with van der Waals surface area (Å²) < 4.78 is 9.21. The third-order valence-corrected chi connectivity index (χ3v) is 5.88. The van der Waals surface area contributed by atoms with E-state index in [1.54, 1.807) is 38.1 Å². The topological polar surface area (TPSA) is 110 Å². The van der Waals surface area contributed by atoms with Crippen LogP contribution in [-0.2, 0) is 14.3 Å². The molecule has 0 aliphatic carbocycles. The molecule has 30 heavy (non-hydrogen) atoms. The molecular weight excluding hydrogens is 404 g/mol. The second-order valence-corrected chi connectivity index (χ2v) is 8.70. The molecule has 2 heterocycles. The Labute approximate surface area is 179 Å². The van der Waals surface area contributed by atoms with Crippen LogP contribution in [0.25, 0.3) is 11.3 Å². The Hall–Kier alpha value is -2.65. The number of benzene rings is 1. The fourth-order valence-corrected chi connectivity index (χ4v) is 3.75. The average Bonchev–Trinajstić information content (AvgIpc) is 3.32. The van der Waals surface area contributed by atoms with Gasteiger partial charge in [0.1, 0.15) is 23.9 Å². The van der Waals surface area contributed by atoms with E-state index in [0.29, 0.717) is 12.0 Å². The molecule has 1 fully saturated rings. The lowest BCUT2D eigenvalue weighted by Crippen LogP contribution is -2.60. The number of rotatable bonds is 7. The van der Waals surface area contributed by atoms with Gasteiger partial charge in [-0.2, -0.15) is 0 Å². The summed E-state index contributed by atoms with van der Waals surface area (Å²) in [5.41, 5.74) is 0.942. The zero-order valence-electron chi connectivity index (χ0n) is 17.5. The Morgan fingerprint density at radius 3 is 2.53 bits per heavy atom. The molecule has 0 radical (unpaired) electrons. The molecule has 8 nitrogen and oxygen atoms in total. The quantitative estimate of drug-likeness (QED) is 0.697. The number of hydrogen-bond acceptors (Lipinski definition) is 7. The van der Waals surface area contributed by atoms with E-state index in [9.17, 15) is 14.4 Å². The van der Waals surface area contributed by atoms with Crippen LogP contribution < -0.4 is 10.6 Å². The Bertz CT molecular complexity index is 914. The predicted octanol–water partition coefficient (Wildman–Crippen LogP) is 2.21. The fourth-order valence-electron chi connectivity index (χ4n) is 3.29. The predicted molar refractivity (Wildman–Crippen MR) is 113 cm³/mol. The lowest BCUT2D eigenvalue weighted by molar-refractivity contribution is -0.130. The van der Waals surface area contributed by atoms with Crippen LogP contribution in [0.2, 0.25) is 0 Å². The minimum atomic E-state index is -1.10. The van der Waals surface area contributed by atoms with Gasteiger partial charge < -0.3 is 15.4 Å². The van der Waals surface area contributed by atoms with Gasteiger partial charge in [-0.25, -0.2) is 0 Å². The highest BCUT2D eigenvalue weighted by molar-refractivity contribution is 7.03. The number of hydrogen-bond donors (Lipinski definition) is 2. The van der Waals surface area contributed by atoms with E-state index in [1.807, 2.05) is 19.2 Å². The smallest absolute Gasteiger partial charge is 0.251 e. The average molecular weight is 431 g/mol. The van der Waals surface area contributed by atoms with Gasteiger partial charge in [-0.3, -0.25) is 14.4 Å². The summed E-state index contributed by atoms with van der Waals surface area (Å²) in [4.78, 5) is 38.0. The molecule has 1 aromatic carbocycles. The number of aromatic nitrogens is 2. The minimum Gasteiger partial charge on any atom is -0.368 e. The number of carbonyl (C=O) groups excluding carboxylic acids is 3. The van der Waals surface area contributed by atoms with Crippen LogP contribution in [-0.4, -0.2) is 51.5 Å². The van der Waals surface area contributed by atoms with E-state index in [1.165, 1.54) is 11.5 Å². The van der Waals surface area contributed by atoms with Crippen LogP contribution in [0.5, 0.6) is 0 Å². The first-order chi connectivity index (χ1) is 14.2. The van der Waals surface area contributed by atoms with Crippen molar-refractivity contribution in [2.45, 2.75) is 51.8 Å². The number of nitrogens with zero attached hydrogens (tertiary/aromatic N) is 2. The molecule has 1 saturated heterocycles. The Kier molecular flexibility index (Phi) is 6.62. The third-order valence-electron chi connectivity index (χ3n) is 5.37. The lowest BCUT2D eigenvalue weighted by Gasteiger charge is -2.30. The number of ketones is 1. The van der Waals surface area contributed by atoms with E-state index in [2.05, 4.69) is 20.2 Å². The van der Waals surface area contributed by atoms with E-state index in [4.69, 9.17) is 4.74 Å². The highest BCUT2D eigenvalue weighted by Crippen LogP contribution is 2.23. The van der Waals surface area contributed by atoms with E-state index >= 15 is 0 Å². The van der Waals surface area contributed by atoms with Crippen LogP contribution in [0.1, 0.15) is 44.5 Å². The Morgan fingerprint density at radius 2 is 2.00 bits per heavy atom. The molecule has 3 rings (SSSR count). The molecule has 1 aliphatic rings. The summed E-state index contributed by atoms with van der Waals surface area (Å²) >= 11 is 1.26. The van der Waals surface area contributed by atoms with Crippen LogP contribution in [0.4, 0.5) is 0 Å². The Morgan fingerprint density at radius 1 is 1.30 bits per heavy atom. The first-order valence-electron chi connectivity index (χ1n) is 9.86. The molecule has 2 N–H and O–H groups in total. The van der Waals surface area contributed by atoms with Crippen LogP contribution >= 0.6 is 11.5 Å². The fraction of sp³-hybridized carbons (Fsp3) is 0.476. The molecule has 1 aromatic heterocycles. The molecule has 0 saturated carbocycles. The van der Waals surface area contributed by atoms with Crippen molar-refractivity contribution < 1.29 is 19.1 Å². The molecule has 2 amide bonds. The normalized spacial score (nSPS) is 22.2. The van der Waals surface area contributed by atoms with Crippen molar-refractivity contribution in [3.05, 3.63) is 35.2 Å². The molecule has 160 valence electrons. The van der Waals surface area contributed by atoms with Gasteiger partial charge in [0, 0.05) is 16.5 Å². The van der Waals surface area contributed by atoms with Gasteiger partial charge in [-0.15, -0.1) is 5.10 Å². The first-order valence-corrected chi connectivity index (χ1v) is 10.7. The highest BCUT2D eigenvalue weighted by Gasteiger charge is 2.47. The number of amides is 2. The van der Waals surface area contributed by atoms with Gasteiger partial charge in [-0.05, 0) is 49.9 Å². The second-order valence-electron chi connectivity index (χ2n) is 8.09. The summed E-state index contributed by atoms with van der Waals surface area (Å²) in [6.45, 7) is 7.32. The van der Waals surface area contributed by atoms with Crippen molar-refractivity contribution in [1.29, 1.82) is 0 Å². The summed E-state index contributed by atoms with van der Waals surface area (Å²) in [6.07, 6.45) is 0.0109. The van der Waals surface area contributed by atoms with Crippen molar-refractivity contribution in [3.63, 3.8) is 0 Å². The first kappa shape index (κ1) is 22.0. The van der Waals surface area contributed by atoms with Gasteiger partial charge in [-0.1, -0.05) is 30.5 Å². The van der Waals surface area contributed by atoms with Gasteiger partial charge in [0.2, 0.25) is 5.91 Å². The molecule has 0 spiro atoms. The monoisotopic (exact) mass is 430 g/mol. The highest BCUT2D eigenvalue weighted by atomic mass is 32.1. The molecular formula is C21H26N4O4S. The van der Waals surface area contributed by atoms with Crippen LogP contribution in [0.3, 0.4) is 0 Å². The second kappa shape index (κ2) is 9.01. The largest absolute Gasteiger partial charge is 0.368 e. The summed E-state index contributed by atoms with van der Waals surface area (Å²) in [6, 6.07) is 6.19. The van der Waals surface area contributed by atoms with E-state index in [0.717, 1.165) is 11.3 Å². The van der Waals surface area contributed by atoms with Gasteiger partial charge in [0.15, 0.2) is 5.78 Å². The number of carbonyl (C=O) groups is 3. The van der Waals surface area contributed by atoms with Crippen LogP contribution in [0.15, 0.2) is 29.6 Å². The van der Waals surface area contributed by atoms with Crippen LogP contribution in [0, 0.1) is 5.92 Å². The molecule has 9 heteroatoms. The van der Waals surface area contributed by atoms with Crippen molar-refractivity contribution in [2.24, 2.45) is 5.92 Å². The van der Waals surface area contributed by atoms with Gasteiger partial charge in [0.05, 0.1) is 6.10 Å². The molecule has 1 aliphatic heterocycles. The molecule has 0 bridgehead atoms. The Balaban J connectivity index is 1.71. The zero-order valence-corrected chi connectivity index (χ0v) is 18.3. The van der Waals surface area contributed by atoms with Crippen molar-refractivity contribution in [2.75, 3.05) is 6.61 Å². The molecule has 3 unspecified atom stereocenters. The molecule has 2 aromatic rings. The zero-order chi connectivity index (χ0) is 21.9. The maximum Gasteiger partial charge on any atom is 0.251 e. The molecule has 3 atom stereocenters. The third kappa shape index (κ3) is 4.73. The standard InChI is InChI=1S/C21H26N4O4S/c1-12(2)9-16(20(28)23-21(4)13(3)29-10-18(21)26)22-19(27)15-7-5-14(6-8-15)17-11-30-25-24-17/h5-8,11-13,16H,9-10H2,1-4H3,(H,22,27)(H,23,28). The van der Waals surface area contributed by atoms with Crippen molar-refractivity contribution >= 4 is 29.1 Å². The van der Waals surface area contributed by atoms with E-state index in [-0.39, 0.29) is 24.2 Å². The lowest BCUT2D eigenvalue weighted by atomic mass is 9.92. The van der Waals surface area contributed by atoms with Gasteiger partial charge in [0.25, 0.3) is 5.91 Å². The van der Waals surface area contributed by atoms with E-state index < -0.39 is 23.6 Å². The van der Waals surface area contributed by atoms with Crippen molar-refractivity contribution in [3.8, 4) is 11.3 Å². The van der Waals surface area contributed by atoms with Crippen molar-refractivity contribution in [1.82, 2.24) is 20.2 Å². The minimum absolute atomic E-state index is 0.0278. The SMILES string of the molecule is CC(C)CC(NC(=O)c1ccc(-c2csnn2)cc1)C(=O)NC1(C)C(=O)COC1C. The summed E-state index contributed by atoms with van der Waals surface area (Å²) in [5.74, 6) is -0.757. The summed E-state index contributed by atoms with van der Waals surface area (Å²) in [5, 5.41) is 11.5. The van der Waals surface area contributed by atoms with Gasteiger partial charge >= 0.3 is 0 Å². The summed E-state index contributed by atoms with van der Waals surface area (Å²) in [7, 11) is 0. The number of ether oxygens (including phenoxy) is 1. The maximum atomic E-state index is 13.0.